The first-order valence-electron chi connectivity index (χ1n) is 9.90. The molecule has 0 spiro atoms. The van der Waals surface area contributed by atoms with E-state index >= 15 is 4.39 Å². The molecule has 0 aliphatic carbocycles. The van der Waals surface area contributed by atoms with Gasteiger partial charge >= 0.3 is 7.82 Å². The Balaban J connectivity index is 1.41. The highest BCUT2D eigenvalue weighted by Gasteiger charge is 2.58. The van der Waals surface area contributed by atoms with Gasteiger partial charge in [0.15, 0.2) is 34.7 Å². The number of rotatable bonds is 5. The summed E-state index contributed by atoms with van der Waals surface area (Å²) >= 11 is 0. The van der Waals surface area contributed by atoms with Gasteiger partial charge < -0.3 is 24.2 Å². The molecule has 172 valence electrons. The molecular formula is C20H19FN5O6P. The lowest BCUT2D eigenvalue weighted by Crippen LogP contribution is -2.42. The molecule has 3 aromatic rings. The highest BCUT2D eigenvalue weighted by molar-refractivity contribution is 7.49. The Morgan fingerprint density at radius 3 is 2.70 bits per heavy atom. The zero-order valence-electron chi connectivity index (χ0n) is 17.5. The highest BCUT2D eigenvalue weighted by atomic mass is 31.2. The summed E-state index contributed by atoms with van der Waals surface area (Å²) in [4.78, 5) is 12.8. The molecule has 1 aromatic carbocycles. The van der Waals surface area contributed by atoms with E-state index < -0.39 is 38.5 Å². The number of halogens is 1. The number of fused-ring (bicyclic) bond motifs is 2. The number of para-hydroxylation sites is 2. The first-order valence-corrected chi connectivity index (χ1v) is 11.4. The first kappa shape index (κ1) is 21.6. The summed E-state index contributed by atoms with van der Waals surface area (Å²) in [6, 6.07) is 6.48. The maximum absolute atomic E-state index is 15.8. The minimum absolute atomic E-state index is 0.246. The van der Waals surface area contributed by atoms with E-state index in [1.165, 1.54) is 10.9 Å². The van der Waals surface area contributed by atoms with Crippen LogP contribution in [0, 0.1) is 19.3 Å². The quantitative estimate of drug-likeness (QED) is 0.419. The number of aliphatic hydroxyl groups is 1. The van der Waals surface area contributed by atoms with E-state index in [-0.39, 0.29) is 17.1 Å². The van der Waals surface area contributed by atoms with Crippen LogP contribution in [0.4, 0.5) is 10.2 Å². The van der Waals surface area contributed by atoms with Crippen LogP contribution >= 0.6 is 7.82 Å². The van der Waals surface area contributed by atoms with Gasteiger partial charge in [0.25, 0.3) is 0 Å². The molecule has 1 fully saturated rings. The molecule has 0 saturated carbocycles. The van der Waals surface area contributed by atoms with E-state index in [0.29, 0.717) is 17.2 Å². The van der Waals surface area contributed by atoms with Crippen molar-refractivity contribution in [2.24, 2.45) is 0 Å². The van der Waals surface area contributed by atoms with E-state index in [0.717, 1.165) is 0 Å². The van der Waals surface area contributed by atoms with Gasteiger partial charge in [0.05, 0.1) is 12.9 Å². The van der Waals surface area contributed by atoms with Crippen LogP contribution in [0.2, 0.25) is 0 Å². The number of hydrogen-bond donors (Lipinski definition) is 2. The molecular weight excluding hydrogens is 456 g/mol. The van der Waals surface area contributed by atoms with Gasteiger partial charge in [-0.1, -0.05) is 18.1 Å². The second-order valence-electron chi connectivity index (χ2n) is 7.45. The number of anilines is 1. The lowest BCUT2D eigenvalue weighted by Gasteiger charge is -2.23. The van der Waals surface area contributed by atoms with Crippen molar-refractivity contribution in [2.75, 3.05) is 19.0 Å². The molecule has 4 atom stereocenters. The Bertz CT molecular complexity index is 1300. The van der Waals surface area contributed by atoms with Crippen molar-refractivity contribution in [1.29, 1.82) is 0 Å². The topological polar surface area (TPSA) is 130 Å². The van der Waals surface area contributed by atoms with E-state index in [1.54, 1.807) is 38.2 Å². The fourth-order valence-electron chi connectivity index (χ4n) is 3.76. The van der Waals surface area contributed by atoms with Crippen LogP contribution in [0.5, 0.6) is 11.5 Å². The Morgan fingerprint density at radius 2 is 2.06 bits per heavy atom. The molecule has 0 unspecified atom stereocenters. The predicted molar refractivity (Wildman–Crippen MR) is 113 cm³/mol. The van der Waals surface area contributed by atoms with Crippen molar-refractivity contribution in [1.82, 2.24) is 19.5 Å². The number of imidazole rings is 1. The summed E-state index contributed by atoms with van der Waals surface area (Å²) < 4.78 is 51.5. The number of aromatic nitrogens is 4. The number of phosphoric acid groups is 1. The minimum atomic E-state index is -4.03. The molecule has 2 N–H and O–H groups in total. The molecule has 13 heteroatoms. The zero-order chi connectivity index (χ0) is 23.4. The number of hydrogen-bond acceptors (Lipinski definition) is 10. The fourth-order valence-corrected chi connectivity index (χ4v) is 5.02. The van der Waals surface area contributed by atoms with Gasteiger partial charge in [-0.2, -0.15) is 0 Å². The summed E-state index contributed by atoms with van der Waals surface area (Å²) in [5, 5.41) is 13.6. The third-order valence-electron chi connectivity index (χ3n) is 5.36. The maximum Gasteiger partial charge on any atom is 0.587 e. The smallest absolute Gasteiger partial charge is 0.391 e. The van der Waals surface area contributed by atoms with Crippen LogP contribution in [-0.4, -0.2) is 56.2 Å². The van der Waals surface area contributed by atoms with Crippen LogP contribution in [0.25, 0.3) is 11.2 Å². The largest absolute Gasteiger partial charge is 0.587 e. The predicted octanol–water partition coefficient (Wildman–Crippen LogP) is 2.37. The summed E-state index contributed by atoms with van der Waals surface area (Å²) in [6.45, 7) is 1.15. The first-order chi connectivity index (χ1) is 15.8. The normalized spacial score (nSPS) is 27.5. The summed E-state index contributed by atoms with van der Waals surface area (Å²) in [5.41, 5.74) is -2.03. The molecule has 4 heterocycles. The second kappa shape index (κ2) is 7.67. The van der Waals surface area contributed by atoms with Crippen molar-refractivity contribution in [2.45, 2.75) is 31.0 Å². The number of benzene rings is 1. The third kappa shape index (κ3) is 3.41. The van der Waals surface area contributed by atoms with Crippen LogP contribution in [-0.2, 0) is 13.8 Å². The van der Waals surface area contributed by atoms with Gasteiger partial charge in [0.1, 0.15) is 18.0 Å². The van der Waals surface area contributed by atoms with Gasteiger partial charge in [-0.25, -0.2) is 23.9 Å². The van der Waals surface area contributed by atoms with Crippen LogP contribution in [0.15, 0.2) is 30.6 Å². The fraction of sp³-hybridized carbons (Fsp3) is 0.350. The SMILES string of the molecule is C#C[C@@]1(F)[C@H](O)[C@@H](COP2(=O)Oc3ccccc3O2)O[C@H]1n1cnc2c(NC)nc(C)nc21. The van der Waals surface area contributed by atoms with Crippen molar-refractivity contribution in [3.63, 3.8) is 0 Å². The number of alkyl halides is 1. The number of aryl methyl sites for hydroxylation is 1. The average Bonchev–Trinajstić information content (AvgIpc) is 3.44. The van der Waals surface area contributed by atoms with Crippen molar-refractivity contribution in [3.8, 4) is 23.8 Å². The molecule has 1 saturated heterocycles. The minimum Gasteiger partial charge on any atom is -0.391 e. The van der Waals surface area contributed by atoms with E-state index in [9.17, 15) is 9.67 Å². The third-order valence-corrected chi connectivity index (χ3v) is 6.66. The van der Waals surface area contributed by atoms with Crippen molar-refractivity contribution >= 4 is 24.8 Å². The van der Waals surface area contributed by atoms with Crippen LogP contribution in [0.1, 0.15) is 12.1 Å². The van der Waals surface area contributed by atoms with E-state index in [1.807, 2.05) is 5.92 Å². The molecule has 0 amide bonds. The van der Waals surface area contributed by atoms with Gasteiger partial charge in [0, 0.05) is 7.05 Å². The molecule has 2 aliphatic rings. The summed E-state index contributed by atoms with van der Waals surface area (Å²) in [6.07, 6.45) is 2.17. The maximum atomic E-state index is 15.8. The molecule has 2 aliphatic heterocycles. The number of terminal acetylenes is 1. The average molecular weight is 475 g/mol. The van der Waals surface area contributed by atoms with Crippen molar-refractivity contribution < 1.29 is 32.4 Å². The van der Waals surface area contributed by atoms with Gasteiger partial charge in [-0.3, -0.25) is 9.09 Å². The zero-order valence-corrected chi connectivity index (χ0v) is 18.4. The monoisotopic (exact) mass is 475 g/mol. The number of ether oxygens (including phenoxy) is 1. The lowest BCUT2D eigenvalue weighted by molar-refractivity contribution is -0.0486. The molecule has 5 rings (SSSR count). The van der Waals surface area contributed by atoms with Gasteiger partial charge in [-0.15, -0.1) is 6.42 Å². The Kier molecular flexibility index (Phi) is 5.02. The number of nitrogens with one attached hydrogen (secondary N) is 1. The lowest BCUT2D eigenvalue weighted by atomic mass is 9.97. The number of nitrogens with zero attached hydrogens (tertiary/aromatic N) is 4. The molecule has 33 heavy (non-hydrogen) atoms. The Hall–Kier alpha value is -3.23. The molecule has 0 bridgehead atoms. The van der Waals surface area contributed by atoms with Crippen LogP contribution < -0.4 is 14.4 Å². The second-order valence-corrected chi connectivity index (χ2v) is 8.97. The highest BCUT2D eigenvalue weighted by Crippen LogP contribution is 2.59. The number of aliphatic hydroxyl groups excluding tert-OH is 1. The standard InChI is InChI=1S/C20H19FN5O6P/c1-4-20(21)16(27)14(9-29-33(28)31-12-7-5-6-8-13(12)32-33)30-19(20)26-10-23-15-17(22-3)24-11(2)25-18(15)26/h1,5-8,10,14,16,19,27H,9H2,2-3H3,(H,22,24,25)/t14-,16-,19-,20-/m1/s1. The molecule has 2 aromatic heterocycles. The molecule has 11 nitrogen and oxygen atoms in total. The van der Waals surface area contributed by atoms with E-state index in [4.69, 9.17) is 24.7 Å². The number of phosphoric ester groups is 1. The summed E-state index contributed by atoms with van der Waals surface area (Å²) in [7, 11) is -2.37. The Morgan fingerprint density at radius 1 is 1.36 bits per heavy atom. The van der Waals surface area contributed by atoms with Crippen LogP contribution in [0.3, 0.4) is 0 Å². The molecule has 0 radical (unpaired) electrons. The Labute approximate surface area is 187 Å². The van der Waals surface area contributed by atoms with E-state index in [2.05, 4.69) is 20.3 Å². The summed E-state index contributed by atoms with van der Waals surface area (Å²) in [5.74, 6) is 3.32. The van der Waals surface area contributed by atoms with Crippen molar-refractivity contribution in [3.05, 3.63) is 36.4 Å². The van der Waals surface area contributed by atoms with Gasteiger partial charge in [-0.05, 0) is 19.1 Å². The van der Waals surface area contributed by atoms with Gasteiger partial charge in [0.2, 0.25) is 5.67 Å².